The topological polar surface area (TPSA) is 111 Å². The second-order valence-electron chi connectivity index (χ2n) is 5.25. The highest BCUT2D eigenvalue weighted by Crippen LogP contribution is 2.31. The summed E-state index contributed by atoms with van der Waals surface area (Å²) in [6.07, 6.45) is 0. The highest BCUT2D eigenvalue weighted by atomic mass is 35.5. The number of rotatable bonds is 4. The van der Waals surface area contributed by atoms with E-state index in [9.17, 15) is 9.59 Å². The van der Waals surface area contributed by atoms with Crippen LogP contribution in [0.4, 0.5) is 5.13 Å². The van der Waals surface area contributed by atoms with Crippen molar-refractivity contribution in [2.75, 3.05) is 11.9 Å². The molecule has 0 unspecified atom stereocenters. The van der Waals surface area contributed by atoms with Crippen LogP contribution in [0.2, 0.25) is 10.0 Å². The maximum absolute atomic E-state index is 12.4. The minimum atomic E-state index is -0.462. The Hall–Kier alpha value is -2.60. The number of carbonyl (C=O) groups is 2. The Bertz CT molecular complexity index is 1070. The van der Waals surface area contributed by atoms with E-state index >= 15 is 0 Å². The van der Waals surface area contributed by atoms with Gasteiger partial charge in [0.1, 0.15) is 12.2 Å². The molecule has 0 fully saturated rings. The van der Waals surface area contributed by atoms with Crippen LogP contribution in [0.25, 0.3) is 10.2 Å². The molecule has 26 heavy (non-hydrogen) atoms. The molecule has 0 aliphatic heterocycles. The Morgan fingerprint density at radius 3 is 2.73 bits per heavy atom. The number of nitrogens with zero attached hydrogens (tertiary/aromatic N) is 2. The average molecular weight is 408 g/mol. The largest absolute Gasteiger partial charge is 0.352 e. The maximum Gasteiger partial charge on any atom is 0.275 e. The third-order valence-corrected chi connectivity index (χ3v) is 5.36. The number of nitrogens with one attached hydrogen (secondary N) is 3. The number of aromatic amines is 1. The first-order valence-electron chi connectivity index (χ1n) is 7.31. The fraction of sp³-hybridized carbons (Fsp3) is 0.125. The molecule has 132 valence electrons. The summed E-state index contributed by atoms with van der Waals surface area (Å²) >= 11 is 13.2. The van der Waals surface area contributed by atoms with Gasteiger partial charge in [0, 0.05) is 11.3 Å². The number of anilines is 1. The van der Waals surface area contributed by atoms with E-state index in [0.717, 1.165) is 4.70 Å². The monoisotopic (exact) mass is 407 g/mol. The molecule has 2 amide bonds. The number of hydrogen-bond donors (Lipinski definition) is 3. The van der Waals surface area contributed by atoms with Crippen molar-refractivity contribution in [3.05, 3.63) is 45.2 Å². The molecule has 7 nitrogen and oxygen atoms in total. The molecule has 3 rings (SSSR count). The lowest BCUT2D eigenvalue weighted by Gasteiger charge is -1.99. The lowest BCUT2D eigenvalue weighted by molar-refractivity contribution is 0.0957. The van der Waals surface area contributed by atoms with Crippen LogP contribution >= 0.6 is 34.5 Å². The molecule has 0 aliphatic carbocycles. The first-order chi connectivity index (χ1) is 12.4. The van der Waals surface area contributed by atoms with Gasteiger partial charge in [-0.1, -0.05) is 34.5 Å². The summed E-state index contributed by atoms with van der Waals surface area (Å²) in [6, 6.07) is 6.77. The summed E-state index contributed by atoms with van der Waals surface area (Å²) in [5.74, 6) is -0.813. The van der Waals surface area contributed by atoms with Crippen molar-refractivity contribution >= 4 is 61.7 Å². The van der Waals surface area contributed by atoms with Crippen LogP contribution in [-0.4, -0.2) is 28.3 Å². The molecule has 2 aromatic heterocycles. The zero-order valence-electron chi connectivity index (χ0n) is 13.3. The average Bonchev–Trinajstić information content (AvgIpc) is 3.14. The summed E-state index contributed by atoms with van der Waals surface area (Å²) in [5, 5.41) is 14.5. The van der Waals surface area contributed by atoms with Crippen molar-refractivity contribution in [2.24, 2.45) is 0 Å². The maximum atomic E-state index is 12.4. The van der Waals surface area contributed by atoms with Gasteiger partial charge < -0.3 is 10.3 Å². The molecule has 0 saturated carbocycles. The van der Waals surface area contributed by atoms with Crippen LogP contribution in [0.15, 0.2) is 18.2 Å². The van der Waals surface area contributed by atoms with Gasteiger partial charge in [-0.25, -0.2) is 4.98 Å². The van der Waals surface area contributed by atoms with Crippen LogP contribution in [0.5, 0.6) is 0 Å². The molecule has 3 N–H and O–H groups in total. The predicted molar refractivity (Wildman–Crippen MR) is 101 cm³/mol. The molecular formula is C16H11Cl2N5O2S. The number of fused-ring (bicyclic) bond motifs is 1. The Labute approximate surface area is 161 Å². The SMILES string of the molecule is Cc1[nH]c(C(=O)Nc2nc3ccc(C(=O)NCC#N)cc3s2)c(Cl)c1Cl. The Morgan fingerprint density at radius 2 is 2.08 bits per heavy atom. The molecule has 0 radical (unpaired) electrons. The van der Waals surface area contributed by atoms with E-state index in [4.69, 9.17) is 28.5 Å². The van der Waals surface area contributed by atoms with Gasteiger partial charge in [-0.3, -0.25) is 14.9 Å². The number of H-pyrrole nitrogens is 1. The van der Waals surface area contributed by atoms with E-state index in [-0.39, 0.29) is 23.2 Å². The molecule has 0 spiro atoms. The number of aryl methyl sites for hydroxylation is 1. The van der Waals surface area contributed by atoms with Gasteiger partial charge in [0.2, 0.25) is 0 Å². The number of benzene rings is 1. The van der Waals surface area contributed by atoms with Gasteiger partial charge >= 0.3 is 0 Å². The van der Waals surface area contributed by atoms with Gasteiger partial charge in [-0.15, -0.1) is 0 Å². The minimum absolute atomic E-state index is 0.0697. The zero-order chi connectivity index (χ0) is 18.8. The molecule has 0 atom stereocenters. The Kier molecular flexibility index (Phi) is 5.13. The Morgan fingerprint density at radius 1 is 1.31 bits per heavy atom. The van der Waals surface area contributed by atoms with Crippen LogP contribution in [0.3, 0.4) is 0 Å². The fourth-order valence-electron chi connectivity index (χ4n) is 2.23. The van der Waals surface area contributed by atoms with Crippen LogP contribution in [0.1, 0.15) is 26.5 Å². The summed E-state index contributed by atoms with van der Waals surface area (Å²) in [7, 11) is 0. The summed E-state index contributed by atoms with van der Waals surface area (Å²) < 4.78 is 0.719. The van der Waals surface area contributed by atoms with Gasteiger partial charge in [0.15, 0.2) is 5.13 Å². The summed E-state index contributed by atoms with van der Waals surface area (Å²) in [6.45, 7) is 1.64. The fourth-order valence-corrected chi connectivity index (χ4v) is 3.55. The van der Waals surface area contributed by atoms with Gasteiger partial charge in [0.25, 0.3) is 11.8 Å². The number of aromatic nitrogens is 2. The number of thiazole rings is 1. The Balaban J connectivity index is 1.83. The number of hydrogen-bond acceptors (Lipinski definition) is 5. The lowest BCUT2D eigenvalue weighted by atomic mass is 10.2. The van der Waals surface area contributed by atoms with E-state index < -0.39 is 5.91 Å². The summed E-state index contributed by atoms with van der Waals surface area (Å²) in [4.78, 5) is 31.4. The molecule has 0 saturated heterocycles. The van der Waals surface area contributed by atoms with Crippen molar-refractivity contribution in [3.63, 3.8) is 0 Å². The normalized spacial score (nSPS) is 10.5. The number of carbonyl (C=O) groups excluding carboxylic acids is 2. The molecular weight excluding hydrogens is 397 g/mol. The van der Waals surface area contributed by atoms with E-state index in [1.54, 1.807) is 25.1 Å². The third-order valence-electron chi connectivity index (χ3n) is 3.48. The van der Waals surface area contributed by atoms with Gasteiger partial charge in [0.05, 0.1) is 26.3 Å². The molecule has 0 bridgehead atoms. The van der Waals surface area contributed by atoms with E-state index in [1.165, 1.54) is 11.3 Å². The predicted octanol–water partition coefficient (Wildman–Crippen LogP) is 3.75. The standard InChI is InChI=1S/C16H11Cl2N5O2S/c1-7-11(17)12(18)13(21-7)15(25)23-16-22-9-3-2-8(6-10(9)26-16)14(24)20-5-4-19/h2-3,6,21H,5H2,1H3,(H,20,24)(H,22,23,25). The quantitative estimate of drug-likeness (QED) is 0.571. The number of amides is 2. The molecule has 2 heterocycles. The molecule has 1 aromatic carbocycles. The van der Waals surface area contributed by atoms with E-state index in [1.807, 2.05) is 6.07 Å². The van der Waals surface area contributed by atoms with Crippen LogP contribution in [-0.2, 0) is 0 Å². The third kappa shape index (κ3) is 3.51. The molecule has 3 aromatic rings. The minimum Gasteiger partial charge on any atom is -0.352 e. The van der Waals surface area contributed by atoms with E-state index in [0.29, 0.717) is 26.9 Å². The zero-order valence-corrected chi connectivity index (χ0v) is 15.6. The number of halogens is 2. The highest BCUT2D eigenvalue weighted by Gasteiger charge is 2.19. The van der Waals surface area contributed by atoms with Crippen molar-refractivity contribution in [1.82, 2.24) is 15.3 Å². The first-order valence-corrected chi connectivity index (χ1v) is 8.88. The van der Waals surface area contributed by atoms with Crippen molar-refractivity contribution < 1.29 is 9.59 Å². The van der Waals surface area contributed by atoms with Crippen molar-refractivity contribution in [2.45, 2.75) is 6.92 Å². The van der Waals surface area contributed by atoms with Crippen LogP contribution in [0, 0.1) is 18.3 Å². The van der Waals surface area contributed by atoms with Gasteiger partial charge in [-0.05, 0) is 25.1 Å². The first kappa shape index (κ1) is 18.2. The van der Waals surface area contributed by atoms with Crippen molar-refractivity contribution in [1.29, 1.82) is 5.26 Å². The smallest absolute Gasteiger partial charge is 0.275 e. The molecule has 10 heteroatoms. The summed E-state index contributed by atoms with van der Waals surface area (Å²) in [5.41, 5.74) is 1.79. The number of nitriles is 1. The second-order valence-corrected chi connectivity index (χ2v) is 7.04. The lowest BCUT2D eigenvalue weighted by Crippen LogP contribution is -2.23. The van der Waals surface area contributed by atoms with Gasteiger partial charge in [-0.2, -0.15) is 5.26 Å². The van der Waals surface area contributed by atoms with E-state index in [2.05, 4.69) is 20.6 Å². The van der Waals surface area contributed by atoms with Crippen LogP contribution < -0.4 is 10.6 Å². The second kappa shape index (κ2) is 7.33. The highest BCUT2D eigenvalue weighted by molar-refractivity contribution is 7.22. The van der Waals surface area contributed by atoms with Crippen molar-refractivity contribution in [3.8, 4) is 6.07 Å². The molecule has 0 aliphatic rings.